The fourth-order valence-electron chi connectivity index (χ4n) is 0.901. The first kappa shape index (κ1) is 8.90. The number of carbonyl (C=O) groups excluding carboxylic acids is 1. The van der Waals surface area contributed by atoms with Gasteiger partial charge < -0.3 is 11.5 Å². The van der Waals surface area contributed by atoms with Gasteiger partial charge in [-0.2, -0.15) is 0 Å². The third-order valence-electron chi connectivity index (χ3n) is 1.53. The zero-order valence-corrected chi connectivity index (χ0v) is 6.95. The molecule has 0 aromatic heterocycles. The van der Waals surface area contributed by atoms with E-state index in [1.54, 1.807) is 24.3 Å². The highest BCUT2D eigenvalue weighted by Gasteiger charge is 2.23. The Morgan fingerprint density at radius 2 is 1.75 bits per heavy atom. The lowest BCUT2D eigenvalue weighted by Crippen LogP contribution is -2.53. The molecule has 0 amide bonds. The number of Topliss-reactive ketones (excluding diaryl/α,β-unsaturated/α-hetero) is 1. The van der Waals surface area contributed by atoms with Crippen LogP contribution in [0.3, 0.4) is 0 Å². The molecule has 0 aliphatic carbocycles. The topological polar surface area (TPSA) is 69.1 Å². The summed E-state index contributed by atoms with van der Waals surface area (Å²) in [5, 5.41) is 0. The number of ketones is 1. The quantitative estimate of drug-likeness (QED) is 0.494. The predicted octanol–water partition coefficient (Wildman–Crippen LogP) is 0.503. The summed E-state index contributed by atoms with van der Waals surface area (Å²) >= 11 is 0. The van der Waals surface area contributed by atoms with E-state index in [9.17, 15) is 4.79 Å². The van der Waals surface area contributed by atoms with Crippen LogP contribution in [0.1, 0.15) is 17.3 Å². The highest BCUT2D eigenvalue weighted by molar-refractivity contribution is 6.02. The molecule has 12 heavy (non-hydrogen) atoms. The van der Waals surface area contributed by atoms with Gasteiger partial charge in [-0.1, -0.05) is 30.3 Å². The number of hydrogen-bond donors (Lipinski definition) is 2. The van der Waals surface area contributed by atoms with Gasteiger partial charge in [-0.3, -0.25) is 4.79 Å². The summed E-state index contributed by atoms with van der Waals surface area (Å²) in [6.45, 7) is 1.49. The second-order valence-corrected chi connectivity index (χ2v) is 2.98. The Balaban J connectivity index is 2.94. The third kappa shape index (κ3) is 1.90. The van der Waals surface area contributed by atoms with Crippen LogP contribution in [-0.4, -0.2) is 11.4 Å². The lowest BCUT2D eigenvalue weighted by molar-refractivity contribution is 0.0905. The minimum absolute atomic E-state index is 0.247. The maximum atomic E-state index is 11.4. The molecule has 1 rings (SSSR count). The van der Waals surface area contributed by atoms with Crippen molar-refractivity contribution in [1.82, 2.24) is 0 Å². The first-order valence-corrected chi connectivity index (χ1v) is 3.69. The van der Waals surface area contributed by atoms with Crippen molar-refractivity contribution < 1.29 is 4.79 Å². The molecule has 0 fully saturated rings. The van der Waals surface area contributed by atoms with Gasteiger partial charge in [-0.25, -0.2) is 0 Å². The lowest BCUT2D eigenvalue weighted by Gasteiger charge is -2.16. The van der Waals surface area contributed by atoms with E-state index >= 15 is 0 Å². The maximum absolute atomic E-state index is 11.4. The normalized spacial score (nSPS) is 11.2. The van der Waals surface area contributed by atoms with Crippen LogP contribution < -0.4 is 11.5 Å². The first-order chi connectivity index (χ1) is 5.52. The maximum Gasteiger partial charge on any atom is 0.196 e. The molecule has 64 valence electrons. The van der Waals surface area contributed by atoms with E-state index in [0.29, 0.717) is 5.56 Å². The van der Waals surface area contributed by atoms with E-state index in [1.165, 1.54) is 6.92 Å². The van der Waals surface area contributed by atoms with Crippen LogP contribution in [0.2, 0.25) is 0 Å². The second kappa shape index (κ2) is 3.05. The van der Waals surface area contributed by atoms with Crippen LogP contribution in [0, 0.1) is 0 Å². The van der Waals surface area contributed by atoms with E-state index in [-0.39, 0.29) is 5.78 Å². The monoisotopic (exact) mass is 164 g/mol. The van der Waals surface area contributed by atoms with Crippen molar-refractivity contribution >= 4 is 5.78 Å². The fourth-order valence-corrected chi connectivity index (χ4v) is 0.901. The molecule has 0 spiro atoms. The van der Waals surface area contributed by atoms with Crippen molar-refractivity contribution in [2.24, 2.45) is 11.5 Å². The van der Waals surface area contributed by atoms with Crippen LogP contribution in [0.15, 0.2) is 30.3 Å². The summed E-state index contributed by atoms with van der Waals surface area (Å²) in [4.78, 5) is 11.4. The number of carbonyl (C=O) groups is 1. The average molecular weight is 164 g/mol. The fraction of sp³-hybridized carbons (Fsp3) is 0.222. The molecule has 0 heterocycles. The van der Waals surface area contributed by atoms with Crippen molar-refractivity contribution in [2.45, 2.75) is 12.6 Å². The molecule has 0 saturated carbocycles. The average Bonchev–Trinajstić information content (AvgIpc) is 2.03. The third-order valence-corrected chi connectivity index (χ3v) is 1.53. The van der Waals surface area contributed by atoms with Gasteiger partial charge in [0.2, 0.25) is 0 Å². The van der Waals surface area contributed by atoms with Gasteiger partial charge in [-0.15, -0.1) is 0 Å². The minimum atomic E-state index is -1.28. The van der Waals surface area contributed by atoms with Gasteiger partial charge in [0.1, 0.15) is 5.66 Å². The number of benzene rings is 1. The first-order valence-electron chi connectivity index (χ1n) is 3.69. The van der Waals surface area contributed by atoms with Crippen molar-refractivity contribution in [3.63, 3.8) is 0 Å². The molecule has 3 nitrogen and oxygen atoms in total. The summed E-state index contributed by atoms with van der Waals surface area (Å²) in [6.07, 6.45) is 0. The summed E-state index contributed by atoms with van der Waals surface area (Å²) < 4.78 is 0. The highest BCUT2D eigenvalue weighted by Crippen LogP contribution is 2.05. The molecule has 1 aromatic rings. The zero-order valence-electron chi connectivity index (χ0n) is 6.95. The SMILES string of the molecule is CC(N)(N)C(=O)c1ccccc1. The smallest absolute Gasteiger partial charge is 0.196 e. The van der Waals surface area contributed by atoms with Crippen LogP contribution in [0.5, 0.6) is 0 Å². The van der Waals surface area contributed by atoms with Gasteiger partial charge in [0.05, 0.1) is 0 Å². The molecule has 0 aliphatic rings. The van der Waals surface area contributed by atoms with Crippen LogP contribution in [0.25, 0.3) is 0 Å². The Bertz CT molecular complexity index is 274. The summed E-state index contributed by atoms with van der Waals surface area (Å²) in [7, 11) is 0. The summed E-state index contributed by atoms with van der Waals surface area (Å²) in [5.41, 5.74) is 10.1. The molecule has 3 heteroatoms. The van der Waals surface area contributed by atoms with E-state index in [2.05, 4.69) is 0 Å². The number of rotatable bonds is 2. The standard InChI is InChI=1S/C9H12N2O/c1-9(10,11)8(12)7-5-3-2-4-6-7/h2-6H,10-11H2,1H3. The second-order valence-electron chi connectivity index (χ2n) is 2.98. The Kier molecular flexibility index (Phi) is 2.26. The number of hydrogen-bond acceptors (Lipinski definition) is 3. The van der Waals surface area contributed by atoms with E-state index < -0.39 is 5.66 Å². The van der Waals surface area contributed by atoms with E-state index in [1.807, 2.05) is 6.07 Å². The Hall–Kier alpha value is -1.19. The van der Waals surface area contributed by atoms with Crippen LogP contribution in [-0.2, 0) is 0 Å². The molecule has 0 bridgehead atoms. The highest BCUT2D eigenvalue weighted by atomic mass is 16.1. The molecular weight excluding hydrogens is 152 g/mol. The largest absolute Gasteiger partial charge is 0.307 e. The predicted molar refractivity (Wildman–Crippen MR) is 47.6 cm³/mol. The van der Waals surface area contributed by atoms with Crippen molar-refractivity contribution in [3.8, 4) is 0 Å². The summed E-state index contributed by atoms with van der Waals surface area (Å²) in [6, 6.07) is 8.78. The van der Waals surface area contributed by atoms with E-state index in [0.717, 1.165) is 0 Å². The molecule has 0 atom stereocenters. The molecule has 4 N–H and O–H groups in total. The van der Waals surface area contributed by atoms with Gasteiger partial charge >= 0.3 is 0 Å². The van der Waals surface area contributed by atoms with Crippen molar-refractivity contribution in [1.29, 1.82) is 0 Å². The Morgan fingerprint density at radius 3 is 2.17 bits per heavy atom. The van der Waals surface area contributed by atoms with Gasteiger partial charge in [0.25, 0.3) is 0 Å². The van der Waals surface area contributed by atoms with E-state index in [4.69, 9.17) is 11.5 Å². The Morgan fingerprint density at radius 1 is 1.25 bits per heavy atom. The summed E-state index contributed by atoms with van der Waals surface area (Å²) in [5.74, 6) is -0.247. The minimum Gasteiger partial charge on any atom is -0.307 e. The van der Waals surface area contributed by atoms with Crippen LogP contribution >= 0.6 is 0 Å². The molecule has 1 aromatic carbocycles. The molecular formula is C9H12N2O. The zero-order chi connectivity index (χ0) is 9.19. The lowest BCUT2D eigenvalue weighted by atomic mass is 10.0. The molecule has 0 radical (unpaired) electrons. The molecule has 0 aliphatic heterocycles. The van der Waals surface area contributed by atoms with Crippen LogP contribution in [0.4, 0.5) is 0 Å². The number of nitrogens with two attached hydrogens (primary N) is 2. The van der Waals surface area contributed by atoms with Gasteiger partial charge in [0, 0.05) is 5.56 Å². The van der Waals surface area contributed by atoms with Crippen molar-refractivity contribution in [3.05, 3.63) is 35.9 Å². The van der Waals surface area contributed by atoms with Crippen molar-refractivity contribution in [2.75, 3.05) is 0 Å². The van der Waals surface area contributed by atoms with Gasteiger partial charge in [-0.05, 0) is 6.92 Å². The Labute approximate surface area is 71.4 Å². The van der Waals surface area contributed by atoms with Gasteiger partial charge in [0.15, 0.2) is 5.78 Å². The molecule has 0 saturated heterocycles. The molecule has 0 unspecified atom stereocenters.